The van der Waals surface area contributed by atoms with Crippen LogP contribution in [0.4, 0.5) is 11.4 Å². The minimum atomic E-state index is -0.225. The first-order chi connectivity index (χ1) is 15.6. The molecule has 0 saturated carbocycles. The summed E-state index contributed by atoms with van der Waals surface area (Å²) in [5, 5.41) is 7.37. The SMILES string of the molecule is CSCC[C@@]1(C)Cc2cc(NC(=O)c3cnn4cccnc34)c(N3CCOCC3)cc2O1. The maximum Gasteiger partial charge on any atom is 0.261 e. The topological polar surface area (TPSA) is 81.0 Å². The van der Waals surface area contributed by atoms with Crippen LogP contribution in [0.5, 0.6) is 5.75 Å². The smallest absolute Gasteiger partial charge is 0.261 e. The first-order valence-corrected chi connectivity index (χ1v) is 12.2. The molecule has 1 atom stereocenters. The number of hydrogen-bond donors (Lipinski definition) is 1. The van der Waals surface area contributed by atoms with Crippen molar-refractivity contribution >= 4 is 34.7 Å². The van der Waals surface area contributed by atoms with Gasteiger partial charge in [-0.1, -0.05) is 0 Å². The van der Waals surface area contributed by atoms with Crippen LogP contribution in [0.15, 0.2) is 36.8 Å². The number of benzene rings is 1. The summed E-state index contributed by atoms with van der Waals surface area (Å²) in [5.41, 5.74) is 3.62. The van der Waals surface area contributed by atoms with Crippen LogP contribution in [0.25, 0.3) is 5.65 Å². The average Bonchev–Trinajstić information content (AvgIpc) is 3.38. The van der Waals surface area contributed by atoms with Crippen molar-refractivity contribution < 1.29 is 14.3 Å². The summed E-state index contributed by atoms with van der Waals surface area (Å²) in [6, 6.07) is 5.93. The molecule has 0 bridgehead atoms. The summed E-state index contributed by atoms with van der Waals surface area (Å²) in [6.45, 7) is 5.03. The van der Waals surface area contributed by atoms with Crippen LogP contribution >= 0.6 is 11.8 Å². The first kappa shape index (κ1) is 21.1. The highest BCUT2D eigenvalue weighted by Gasteiger charge is 2.36. The number of morpholine rings is 1. The van der Waals surface area contributed by atoms with Crippen molar-refractivity contribution in [3.63, 3.8) is 0 Å². The van der Waals surface area contributed by atoms with E-state index in [0.29, 0.717) is 24.4 Å². The van der Waals surface area contributed by atoms with Crippen LogP contribution in [0.1, 0.15) is 29.3 Å². The van der Waals surface area contributed by atoms with Gasteiger partial charge in [0.2, 0.25) is 0 Å². The molecular weight excluding hydrogens is 426 g/mol. The normalized spacial score (nSPS) is 20.2. The average molecular weight is 454 g/mol. The molecule has 0 radical (unpaired) electrons. The van der Waals surface area contributed by atoms with E-state index in [-0.39, 0.29) is 11.5 Å². The Morgan fingerprint density at radius 2 is 2.16 bits per heavy atom. The number of thioether (sulfide) groups is 1. The number of anilines is 2. The fourth-order valence-electron chi connectivity index (χ4n) is 4.35. The number of ether oxygens (including phenoxy) is 2. The van der Waals surface area contributed by atoms with Crippen LogP contribution < -0.4 is 15.0 Å². The molecule has 1 aromatic carbocycles. The van der Waals surface area contributed by atoms with Crippen molar-refractivity contribution in [2.45, 2.75) is 25.4 Å². The number of nitrogens with one attached hydrogen (secondary N) is 1. The summed E-state index contributed by atoms with van der Waals surface area (Å²) in [4.78, 5) is 19.8. The van der Waals surface area contributed by atoms with Crippen molar-refractivity contribution in [3.8, 4) is 5.75 Å². The number of fused-ring (bicyclic) bond motifs is 2. The van der Waals surface area contributed by atoms with Gasteiger partial charge in [0.25, 0.3) is 5.91 Å². The van der Waals surface area contributed by atoms with Crippen molar-refractivity contribution in [3.05, 3.63) is 47.9 Å². The van der Waals surface area contributed by atoms with Gasteiger partial charge < -0.3 is 19.7 Å². The second-order valence-electron chi connectivity index (χ2n) is 8.45. The number of hydrogen-bond acceptors (Lipinski definition) is 7. The van der Waals surface area contributed by atoms with Gasteiger partial charge in [-0.15, -0.1) is 0 Å². The largest absolute Gasteiger partial charge is 0.487 e. The zero-order valence-corrected chi connectivity index (χ0v) is 19.2. The zero-order chi connectivity index (χ0) is 22.1. The molecule has 32 heavy (non-hydrogen) atoms. The van der Waals surface area contributed by atoms with Crippen molar-refractivity contribution in [1.82, 2.24) is 14.6 Å². The molecule has 1 amide bonds. The summed E-state index contributed by atoms with van der Waals surface area (Å²) in [5.74, 6) is 1.73. The molecule has 4 heterocycles. The third kappa shape index (κ3) is 4.02. The molecule has 2 aliphatic rings. The van der Waals surface area contributed by atoms with E-state index in [2.05, 4.69) is 45.6 Å². The lowest BCUT2D eigenvalue weighted by molar-refractivity contribution is 0.102. The van der Waals surface area contributed by atoms with E-state index in [1.54, 1.807) is 29.2 Å². The van der Waals surface area contributed by atoms with Crippen molar-refractivity contribution in [2.75, 3.05) is 48.5 Å². The Morgan fingerprint density at radius 1 is 1.31 bits per heavy atom. The standard InChI is InChI=1S/C23H27N5O3S/c1-23(4-11-32-2)14-16-12-18(19(13-20(16)31-23)27-7-9-30-10-8-27)26-22(29)17-15-25-28-6-3-5-24-21(17)28/h3,5-6,12-13,15H,4,7-11,14H2,1-2H3,(H,26,29)/t23-/m0/s1. The van der Waals surface area contributed by atoms with Crippen LogP contribution in [-0.4, -0.2) is 64.4 Å². The Labute approximate surface area is 191 Å². The van der Waals surface area contributed by atoms with Gasteiger partial charge in [0.15, 0.2) is 5.65 Å². The van der Waals surface area contributed by atoms with Crippen LogP contribution in [-0.2, 0) is 11.2 Å². The first-order valence-electron chi connectivity index (χ1n) is 10.8. The minimum absolute atomic E-state index is 0.220. The number of rotatable bonds is 6. The summed E-state index contributed by atoms with van der Waals surface area (Å²) >= 11 is 1.83. The molecule has 0 unspecified atom stereocenters. The minimum Gasteiger partial charge on any atom is -0.487 e. The van der Waals surface area contributed by atoms with Gasteiger partial charge >= 0.3 is 0 Å². The van der Waals surface area contributed by atoms with E-state index < -0.39 is 0 Å². The number of carbonyl (C=O) groups excluding carboxylic acids is 1. The van der Waals surface area contributed by atoms with E-state index >= 15 is 0 Å². The molecular formula is C23H27N5O3S. The second-order valence-corrected chi connectivity index (χ2v) is 9.43. The van der Waals surface area contributed by atoms with Gasteiger partial charge in [0, 0.05) is 43.5 Å². The highest BCUT2D eigenvalue weighted by atomic mass is 32.2. The van der Waals surface area contributed by atoms with E-state index in [0.717, 1.165) is 54.4 Å². The second kappa shape index (κ2) is 8.63. The Morgan fingerprint density at radius 3 is 2.97 bits per heavy atom. The Kier molecular flexibility index (Phi) is 5.69. The van der Waals surface area contributed by atoms with E-state index in [1.807, 2.05) is 11.8 Å². The van der Waals surface area contributed by atoms with Gasteiger partial charge in [0.05, 0.1) is 30.8 Å². The third-order valence-corrected chi connectivity index (χ3v) is 6.67. The number of aromatic nitrogens is 3. The predicted octanol–water partition coefficient (Wildman–Crippen LogP) is 3.26. The molecule has 1 N–H and O–H groups in total. The maximum absolute atomic E-state index is 13.2. The number of amides is 1. The van der Waals surface area contributed by atoms with Gasteiger partial charge in [0.1, 0.15) is 16.9 Å². The molecule has 0 aliphatic carbocycles. The summed E-state index contributed by atoms with van der Waals surface area (Å²) in [7, 11) is 0. The van der Waals surface area contributed by atoms with Crippen molar-refractivity contribution in [2.24, 2.45) is 0 Å². The van der Waals surface area contributed by atoms with Gasteiger partial charge in [-0.25, -0.2) is 9.50 Å². The Bertz CT molecular complexity index is 1140. The van der Waals surface area contributed by atoms with E-state index in [4.69, 9.17) is 9.47 Å². The predicted molar refractivity (Wildman–Crippen MR) is 126 cm³/mol. The Balaban J connectivity index is 1.48. The van der Waals surface area contributed by atoms with Crippen LogP contribution in [0.3, 0.4) is 0 Å². The summed E-state index contributed by atoms with van der Waals surface area (Å²) in [6.07, 6.45) is 8.92. The van der Waals surface area contributed by atoms with Crippen molar-refractivity contribution in [1.29, 1.82) is 0 Å². The molecule has 5 rings (SSSR count). The van der Waals surface area contributed by atoms with E-state index in [1.165, 1.54) is 0 Å². The van der Waals surface area contributed by atoms with Crippen LogP contribution in [0.2, 0.25) is 0 Å². The fourth-order valence-corrected chi connectivity index (χ4v) is 4.99. The monoisotopic (exact) mass is 453 g/mol. The van der Waals surface area contributed by atoms with Gasteiger partial charge in [-0.05, 0) is 37.5 Å². The molecule has 168 valence electrons. The highest BCUT2D eigenvalue weighted by Crippen LogP contribution is 2.43. The van der Waals surface area contributed by atoms with Gasteiger partial charge in [-0.2, -0.15) is 16.9 Å². The maximum atomic E-state index is 13.2. The summed E-state index contributed by atoms with van der Waals surface area (Å²) < 4.78 is 13.6. The third-order valence-electron chi connectivity index (χ3n) is 6.06. The number of carbonyl (C=O) groups is 1. The molecule has 0 spiro atoms. The number of nitrogens with zero attached hydrogens (tertiary/aromatic N) is 4. The molecule has 2 aromatic heterocycles. The molecule has 3 aromatic rings. The highest BCUT2D eigenvalue weighted by molar-refractivity contribution is 7.98. The Hall–Kier alpha value is -2.78. The molecule has 9 heteroatoms. The van der Waals surface area contributed by atoms with E-state index in [9.17, 15) is 4.79 Å². The van der Waals surface area contributed by atoms with Crippen LogP contribution in [0, 0.1) is 0 Å². The molecule has 8 nitrogen and oxygen atoms in total. The lowest BCUT2D eigenvalue weighted by Gasteiger charge is -2.31. The molecule has 1 saturated heterocycles. The zero-order valence-electron chi connectivity index (χ0n) is 18.3. The quantitative estimate of drug-likeness (QED) is 0.614. The van der Waals surface area contributed by atoms with Gasteiger partial charge in [-0.3, -0.25) is 4.79 Å². The lowest BCUT2D eigenvalue weighted by atomic mass is 9.96. The lowest BCUT2D eigenvalue weighted by Crippen LogP contribution is -2.36. The fraction of sp³-hybridized carbons (Fsp3) is 0.435. The molecule has 2 aliphatic heterocycles. The molecule has 1 fully saturated rings.